The molecule has 0 bridgehead atoms. The Balaban J connectivity index is 2.46. The summed E-state index contributed by atoms with van der Waals surface area (Å²) in [4.78, 5) is 29.8. The lowest BCUT2D eigenvalue weighted by atomic mass is 10.0. The van der Waals surface area contributed by atoms with Gasteiger partial charge in [-0.2, -0.15) is 0 Å². The maximum atomic E-state index is 12.2. The Morgan fingerprint density at radius 3 is 2.57 bits per heavy atom. The third kappa shape index (κ3) is 5.88. The van der Waals surface area contributed by atoms with E-state index in [9.17, 15) is 14.7 Å². The molecule has 1 rings (SSSR count). The quantitative estimate of drug-likeness (QED) is 0.730. The van der Waals surface area contributed by atoms with Crippen molar-refractivity contribution >= 4 is 11.8 Å². The molecule has 2 N–H and O–H groups in total. The second-order valence-electron chi connectivity index (χ2n) is 5.49. The van der Waals surface area contributed by atoms with Gasteiger partial charge in [0.1, 0.15) is 5.75 Å². The number of aromatic hydroxyl groups is 1. The molecular formula is C17H27N3O3. The lowest BCUT2D eigenvalue weighted by Gasteiger charge is -2.25. The molecule has 0 aliphatic carbocycles. The molecule has 23 heavy (non-hydrogen) atoms. The molecule has 6 nitrogen and oxygen atoms in total. The molecular weight excluding hydrogens is 294 g/mol. The van der Waals surface area contributed by atoms with Gasteiger partial charge in [0.05, 0.1) is 0 Å². The predicted molar refractivity (Wildman–Crippen MR) is 89.2 cm³/mol. The van der Waals surface area contributed by atoms with Crippen molar-refractivity contribution < 1.29 is 14.7 Å². The van der Waals surface area contributed by atoms with E-state index in [1.165, 1.54) is 12.3 Å². The summed E-state index contributed by atoms with van der Waals surface area (Å²) in [5, 5.41) is 12.2. The number of rotatable bonds is 9. The van der Waals surface area contributed by atoms with Crippen molar-refractivity contribution in [2.45, 2.75) is 40.0 Å². The van der Waals surface area contributed by atoms with Crippen molar-refractivity contribution in [1.82, 2.24) is 15.2 Å². The fraction of sp³-hybridized carbons (Fsp3) is 0.588. The maximum absolute atomic E-state index is 12.2. The van der Waals surface area contributed by atoms with Crippen molar-refractivity contribution in [2.24, 2.45) is 5.92 Å². The zero-order valence-corrected chi connectivity index (χ0v) is 14.2. The van der Waals surface area contributed by atoms with Gasteiger partial charge in [-0.1, -0.05) is 26.7 Å². The fourth-order valence-electron chi connectivity index (χ4n) is 2.36. The van der Waals surface area contributed by atoms with Crippen molar-refractivity contribution in [3.63, 3.8) is 0 Å². The molecule has 1 heterocycles. The summed E-state index contributed by atoms with van der Waals surface area (Å²) in [6, 6.07) is 2.95. The van der Waals surface area contributed by atoms with Gasteiger partial charge in [0.25, 0.3) is 5.91 Å². The molecule has 1 aromatic rings. The zero-order chi connectivity index (χ0) is 17.2. The van der Waals surface area contributed by atoms with Crippen molar-refractivity contribution in [2.75, 3.05) is 19.6 Å². The summed E-state index contributed by atoms with van der Waals surface area (Å²) < 4.78 is 0. The molecule has 0 spiro atoms. The highest BCUT2D eigenvalue weighted by Gasteiger charge is 2.17. The van der Waals surface area contributed by atoms with E-state index in [-0.39, 0.29) is 30.3 Å². The molecule has 2 amide bonds. The second kappa shape index (κ2) is 9.82. The highest BCUT2D eigenvalue weighted by molar-refractivity contribution is 5.94. The van der Waals surface area contributed by atoms with Crippen LogP contribution in [0.15, 0.2) is 18.3 Å². The smallest absolute Gasteiger partial charge is 0.273 e. The summed E-state index contributed by atoms with van der Waals surface area (Å²) in [6.45, 7) is 7.89. The first-order valence-electron chi connectivity index (χ1n) is 8.23. The molecule has 0 aromatic carbocycles. The lowest BCUT2D eigenvalue weighted by Crippen LogP contribution is -2.37. The summed E-state index contributed by atoms with van der Waals surface area (Å²) in [6.07, 6.45) is 3.79. The van der Waals surface area contributed by atoms with Crippen LogP contribution in [-0.4, -0.2) is 46.4 Å². The number of nitrogens with one attached hydrogen (secondary N) is 1. The molecule has 0 aliphatic heterocycles. The second-order valence-corrected chi connectivity index (χ2v) is 5.49. The number of hydrogen-bond acceptors (Lipinski definition) is 4. The van der Waals surface area contributed by atoms with E-state index in [4.69, 9.17) is 0 Å². The first-order chi connectivity index (χ1) is 11.0. The molecule has 1 aromatic heterocycles. The molecule has 0 fully saturated rings. The Labute approximate surface area is 137 Å². The normalized spacial score (nSPS) is 10.6. The van der Waals surface area contributed by atoms with Gasteiger partial charge in [0.15, 0.2) is 5.69 Å². The van der Waals surface area contributed by atoms with Crippen molar-refractivity contribution in [1.29, 1.82) is 0 Å². The number of amides is 2. The van der Waals surface area contributed by atoms with Crippen LogP contribution in [0.3, 0.4) is 0 Å². The molecule has 0 saturated carbocycles. The highest BCUT2D eigenvalue weighted by Crippen LogP contribution is 2.12. The first kappa shape index (κ1) is 18.9. The number of pyridine rings is 1. The van der Waals surface area contributed by atoms with E-state index in [2.05, 4.69) is 24.1 Å². The molecule has 0 unspecified atom stereocenters. The third-order valence-electron chi connectivity index (χ3n) is 3.99. The summed E-state index contributed by atoms with van der Waals surface area (Å²) in [5.74, 6) is -0.0944. The SMILES string of the molecule is CCC(CC)CN(CC)C(=O)CCNC(=O)c1ncccc1O. The van der Waals surface area contributed by atoms with Gasteiger partial charge < -0.3 is 15.3 Å². The molecule has 6 heteroatoms. The van der Waals surface area contributed by atoms with Gasteiger partial charge in [0, 0.05) is 32.3 Å². The average molecular weight is 321 g/mol. The Hall–Kier alpha value is -2.11. The van der Waals surface area contributed by atoms with Crippen molar-refractivity contribution in [3.8, 4) is 5.75 Å². The van der Waals surface area contributed by atoms with Gasteiger partial charge in [0.2, 0.25) is 5.91 Å². The molecule has 128 valence electrons. The number of hydrogen-bond donors (Lipinski definition) is 2. The van der Waals surface area contributed by atoms with Gasteiger partial charge in [-0.05, 0) is 25.0 Å². The van der Waals surface area contributed by atoms with E-state index < -0.39 is 5.91 Å². The van der Waals surface area contributed by atoms with Crippen LogP contribution in [0.2, 0.25) is 0 Å². The number of carbonyl (C=O) groups is 2. The highest BCUT2D eigenvalue weighted by atomic mass is 16.3. The zero-order valence-electron chi connectivity index (χ0n) is 14.2. The van der Waals surface area contributed by atoms with Crippen molar-refractivity contribution in [3.05, 3.63) is 24.0 Å². The molecule has 0 atom stereocenters. The van der Waals surface area contributed by atoms with Crippen LogP contribution in [0.5, 0.6) is 5.75 Å². The summed E-state index contributed by atoms with van der Waals surface area (Å²) in [5.41, 5.74) is -0.0238. The van der Waals surface area contributed by atoms with Gasteiger partial charge in [-0.15, -0.1) is 0 Å². The van der Waals surface area contributed by atoms with Gasteiger partial charge in [-0.3, -0.25) is 9.59 Å². The number of carbonyl (C=O) groups excluding carboxylic acids is 2. The predicted octanol–water partition coefficient (Wildman–Crippen LogP) is 2.19. The minimum atomic E-state index is -0.473. The van der Waals surface area contributed by atoms with E-state index in [1.54, 1.807) is 6.07 Å². The minimum absolute atomic E-state index is 0.0238. The standard InChI is InChI=1S/C17H27N3O3/c1-4-13(5-2)12-20(6-3)15(22)9-11-19-17(23)16-14(21)8-7-10-18-16/h7-8,10,13,21H,4-6,9,11-12H2,1-3H3,(H,19,23). The largest absolute Gasteiger partial charge is 0.505 e. The van der Waals surface area contributed by atoms with Crippen LogP contribution in [-0.2, 0) is 4.79 Å². The number of aromatic nitrogens is 1. The number of nitrogens with zero attached hydrogens (tertiary/aromatic N) is 2. The molecule has 0 saturated heterocycles. The minimum Gasteiger partial charge on any atom is -0.505 e. The van der Waals surface area contributed by atoms with E-state index in [0.29, 0.717) is 12.5 Å². The molecule has 0 aliphatic rings. The van der Waals surface area contributed by atoms with E-state index in [1.807, 2.05) is 11.8 Å². The van der Waals surface area contributed by atoms with Gasteiger partial charge in [-0.25, -0.2) is 4.98 Å². The van der Waals surface area contributed by atoms with Crippen LogP contribution >= 0.6 is 0 Å². The Morgan fingerprint density at radius 2 is 2.00 bits per heavy atom. The Bertz CT molecular complexity index is 516. The van der Waals surface area contributed by atoms with Crippen LogP contribution < -0.4 is 5.32 Å². The Kier molecular flexibility index (Phi) is 8.08. The van der Waals surface area contributed by atoms with Crippen LogP contribution in [0, 0.1) is 5.92 Å². The maximum Gasteiger partial charge on any atom is 0.273 e. The summed E-state index contributed by atoms with van der Waals surface area (Å²) >= 11 is 0. The lowest BCUT2D eigenvalue weighted by molar-refractivity contribution is -0.131. The van der Waals surface area contributed by atoms with Crippen LogP contribution in [0.1, 0.15) is 50.5 Å². The summed E-state index contributed by atoms with van der Waals surface area (Å²) in [7, 11) is 0. The van der Waals surface area contributed by atoms with E-state index in [0.717, 1.165) is 19.4 Å². The Morgan fingerprint density at radius 1 is 1.30 bits per heavy atom. The molecule has 0 radical (unpaired) electrons. The van der Waals surface area contributed by atoms with Crippen LogP contribution in [0.25, 0.3) is 0 Å². The van der Waals surface area contributed by atoms with Gasteiger partial charge >= 0.3 is 0 Å². The topological polar surface area (TPSA) is 82.5 Å². The van der Waals surface area contributed by atoms with E-state index >= 15 is 0 Å². The monoisotopic (exact) mass is 321 g/mol. The third-order valence-corrected chi connectivity index (χ3v) is 3.99. The first-order valence-corrected chi connectivity index (χ1v) is 8.23. The fourth-order valence-corrected chi connectivity index (χ4v) is 2.36. The van der Waals surface area contributed by atoms with Crippen LogP contribution in [0.4, 0.5) is 0 Å². The average Bonchev–Trinajstić information content (AvgIpc) is 2.56.